The number of methoxy groups -OCH3 is 1. The van der Waals surface area contributed by atoms with Gasteiger partial charge in [-0.15, -0.1) is 22.7 Å². The smallest absolute Gasteiger partial charge is 0.419 e. The molecular formula is C25H22F3N3O3S2. The molecule has 0 fully saturated rings. The minimum atomic E-state index is -4.55. The average Bonchev–Trinajstić information content (AvgIpc) is 3.48. The Morgan fingerprint density at radius 1 is 1.19 bits per heavy atom. The molecule has 0 amide bonds. The Morgan fingerprint density at radius 3 is 2.58 bits per heavy atom. The molecule has 0 aliphatic rings. The van der Waals surface area contributed by atoms with Gasteiger partial charge in [0.25, 0.3) is 0 Å². The van der Waals surface area contributed by atoms with E-state index >= 15 is 0 Å². The van der Waals surface area contributed by atoms with Crippen molar-refractivity contribution in [2.45, 2.75) is 26.4 Å². The number of nitrogens with one attached hydrogen (secondary N) is 1. The number of alkyl halides is 3. The fraction of sp³-hybridized carbons (Fsp3) is 0.240. The zero-order chi connectivity index (χ0) is 26.0. The number of aromatic carboxylic acids is 1. The first-order valence-corrected chi connectivity index (χ1v) is 12.6. The zero-order valence-electron chi connectivity index (χ0n) is 19.5. The van der Waals surface area contributed by atoms with E-state index in [9.17, 15) is 23.1 Å². The zero-order valence-corrected chi connectivity index (χ0v) is 21.1. The number of benzene rings is 1. The average molecular weight is 534 g/mol. The van der Waals surface area contributed by atoms with Crippen LogP contribution in [0.2, 0.25) is 0 Å². The van der Waals surface area contributed by atoms with Gasteiger partial charge in [0.15, 0.2) is 5.13 Å². The van der Waals surface area contributed by atoms with Gasteiger partial charge in [0, 0.05) is 27.1 Å². The molecule has 0 saturated heterocycles. The first kappa shape index (κ1) is 25.6. The first-order chi connectivity index (χ1) is 17.1. The molecule has 0 saturated carbocycles. The van der Waals surface area contributed by atoms with Crippen LogP contribution in [-0.2, 0) is 12.6 Å². The molecule has 11 heteroatoms. The van der Waals surface area contributed by atoms with Crippen LogP contribution in [-0.4, -0.2) is 28.2 Å². The van der Waals surface area contributed by atoms with Crippen molar-refractivity contribution < 1.29 is 27.8 Å². The molecule has 6 nitrogen and oxygen atoms in total. The summed E-state index contributed by atoms with van der Waals surface area (Å²) in [5.41, 5.74) is 0.785. The number of halogens is 3. The molecular weight excluding hydrogens is 511 g/mol. The number of carboxylic acids is 1. The fourth-order valence-electron chi connectivity index (χ4n) is 3.62. The summed E-state index contributed by atoms with van der Waals surface area (Å²) >= 11 is 2.78. The second-order valence-electron chi connectivity index (χ2n) is 8.33. The van der Waals surface area contributed by atoms with Gasteiger partial charge in [-0.3, -0.25) is 0 Å². The van der Waals surface area contributed by atoms with E-state index in [4.69, 9.17) is 4.74 Å². The fourth-order valence-corrected chi connectivity index (χ4v) is 5.52. The van der Waals surface area contributed by atoms with Crippen LogP contribution in [0, 0.1) is 5.92 Å². The molecule has 0 unspecified atom stereocenters. The Balaban J connectivity index is 1.73. The Labute approximate surface area is 213 Å². The van der Waals surface area contributed by atoms with Crippen LogP contribution < -0.4 is 10.1 Å². The molecule has 3 aromatic heterocycles. The third-order valence-electron chi connectivity index (χ3n) is 5.22. The lowest BCUT2D eigenvalue weighted by Crippen LogP contribution is -2.07. The van der Waals surface area contributed by atoms with Gasteiger partial charge in [0.1, 0.15) is 17.1 Å². The number of thiazole rings is 1. The molecule has 0 bridgehead atoms. The number of hydrogen-bond donors (Lipinski definition) is 2. The summed E-state index contributed by atoms with van der Waals surface area (Å²) in [4.78, 5) is 22.6. The molecule has 3 heterocycles. The Kier molecular flexibility index (Phi) is 7.32. The molecule has 188 valence electrons. The van der Waals surface area contributed by atoms with Crippen LogP contribution in [0.3, 0.4) is 0 Å². The number of thiophene rings is 1. The summed E-state index contributed by atoms with van der Waals surface area (Å²) in [6.45, 7) is 4.05. The van der Waals surface area contributed by atoms with E-state index in [1.807, 2.05) is 31.4 Å². The van der Waals surface area contributed by atoms with E-state index in [0.717, 1.165) is 15.8 Å². The van der Waals surface area contributed by atoms with Crippen LogP contribution in [0.15, 0.2) is 48.0 Å². The molecule has 36 heavy (non-hydrogen) atoms. The number of anilines is 2. The number of carboxylic acid groups (broad SMARTS) is 1. The number of hydrogen-bond acceptors (Lipinski definition) is 7. The molecule has 0 spiro atoms. The van der Waals surface area contributed by atoms with Gasteiger partial charge in [0.2, 0.25) is 0 Å². The van der Waals surface area contributed by atoms with E-state index < -0.39 is 17.7 Å². The van der Waals surface area contributed by atoms with Crippen LogP contribution in [0.1, 0.15) is 34.6 Å². The van der Waals surface area contributed by atoms with Crippen molar-refractivity contribution in [2.24, 2.45) is 5.92 Å². The van der Waals surface area contributed by atoms with Gasteiger partial charge in [-0.25, -0.2) is 14.8 Å². The van der Waals surface area contributed by atoms with Crippen LogP contribution in [0.25, 0.3) is 21.7 Å². The van der Waals surface area contributed by atoms with E-state index in [2.05, 4.69) is 15.3 Å². The second-order valence-corrected chi connectivity index (χ2v) is 10.4. The molecule has 0 aliphatic heterocycles. The van der Waals surface area contributed by atoms with Gasteiger partial charge >= 0.3 is 12.1 Å². The van der Waals surface area contributed by atoms with Gasteiger partial charge in [0.05, 0.1) is 18.4 Å². The Bertz CT molecular complexity index is 1380. The molecule has 4 aromatic rings. The topological polar surface area (TPSA) is 84.3 Å². The normalized spacial score (nSPS) is 11.6. The van der Waals surface area contributed by atoms with Gasteiger partial charge < -0.3 is 15.2 Å². The molecule has 1 aromatic carbocycles. The summed E-state index contributed by atoms with van der Waals surface area (Å²) in [7, 11) is 1.19. The standard InChI is InChI=1S/C25H22F3N3O3S2/c1-13(2)9-20-21(14-6-7-17(25(26,27)28)18(11-14)34-3)30-24(36-20)31-22-16(23(32)33)10-15(12-29-22)19-5-4-8-35-19/h4-8,10-13H,9H2,1-3H3,(H,32,33)(H,29,30,31). The van der Waals surface area contributed by atoms with E-state index in [-0.39, 0.29) is 23.0 Å². The van der Waals surface area contributed by atoms with Crippen molar-refractivity contribution in [1.29, 1.82) is 0 Å². The summed E-state index contributed by atoms with van der Waals surface area (Å²) < 4.78 is 45.0. The number of aromatic nitrogens is 2. The summed E-state index contributed by atoms with van der Waals surface area (Å²) in [5, 5.41) is 15.1. The van der Waals surface area contributed by atoms with Crippen LogP contribution >= 0.6 is 22.7 Å². The highest BCUT2D eigenvalue weighted by molar-refractivity contribution is 7.16. The summed E-state index contributed by atoms with van der Waals surface area (Å²) in [6, 6.07) is 8.97. The molecule has 0 radical (unpaired) electrons. The Hall–Kier alpha value is -3.44. The van der Waals surface area contributed by atoms with Crippen molar-refractivity contribution in [3.8, 4) is 27.4 Å². The summed E-state index contributed by atoms with van der Waals surface area (Å²) in [5.74, 6) is -1.05. The molecule has 0 aliphatic carbocycles. The van der Waals surface area contributed by atoms with Gasteiger partial charge in [-0.05, 0) is 42.0 Å². The van der Waals surface area contributed by atoms with Crippen molar-refractivity contribution in [3.05, 3.63) is 64.0 Å². The maximum atomic E-state index is 13.3. The lowest BCUT2D eigenvalue weighted by Gasteiger charge is -2.13. The third-order valence-corrected chi connectivity index (χ3v) is 7.13. The summed E-state index contributed by atoms with van der Waals surface area (Å²) in [6.07, 6.45) is -2.33. The minimum Gasteiger partial charge on any atom is -0.496 e. The highest BCUT2D eigenvalue weighted by Crippen LogP contribution is 2.41. The van der Waals surface area contributed by atoms with Gasteiger partial charge in [-0.2, -0.15) is 13.2 Å². The van der Waals surface area contributed by atoms with E-state index in [0.29, 0.717) is 28.4 Å². The van der Waals surface area contributed by atoms with Crippen molar-refractivity contribution in [2.75, 3.05) is 12.4 Å². The van der Waals surface area contributed by atoms with Gasteiger partial charge in [-0.1, -0.05) is 26.0 Å². The van der Waals surface area contributed by atoms with Crippen LogP contribution in [0.4, 0.5) is 24.1 Å². The molecule has 2 N–H and O–H groups in total. The molecule has 4 rings (SSSR count). The number of pyridine rings is 1. The number of rotatable bonds is 8. The first-order valence-electron chi connectivity index (χ1n) is 10.9. The van der Waals surface area contributed by atoms with Crippen molar-refractivity contribution >= 4 is 39.6 Å². The number of ether oxygens (including phenoxy) is 1. The minimum absolute atomic E-state index is 0.0146. The van der Waals surface area contributed by atoms with E-state index in [1.54, 1.807) is 12.3 Å². The number of carbonyl (C=O) groups is 1. The largest absolute Gasteiger partial charge is 0.496 e. The van der Waals surface area contributed by atoms with Crippen LogP contribution in [0.5, 0.6) is 5.75 Å². The Morgan fingerprint density at radius 2 is 1.97 bits per heavy atom. The van der Waals surface area contributed by atoms with Crippen molar-refractivity contribution in [1.82, 2.24) is 9.97 Å². The SMILES string of the molecule is COc1cc(-c2nc(Nc3ncc(-c4cccs4)cc3C(=O)O)sc2CC(C)C)ccc1C(F)(F)F. The monoisotopic (exact) mass is 533 g/mol. The quantitative estimate of drug-likeness (QED) is 0.243. The second kappa shape index (κ2) is 10.3. The molecule has 0 atom stereocenters. The maximum Gasteiger partial charge on any atom is 0.419 e. The highest BCUT2D eigenvalue weighted by Gasteiger charge is 2.34. The number of nitrogens with zero attached hydrogens (tertiary/aromatic N) is 2. The lowest BCUT2D eigenvalue weighted by molar-refractivity contribution is -0.138. The predicted molar refractivity (Wildman–Crippen MR) is 135 cm³/mol. The third kappa shape index (κ3) is 5.52. The maximum absolute atomic E-state index is 13.3. The van der Waals surface area contributed by atoms with E-state index in [1.165, 1.54) is 41.9 Å². The highest BCUT2D eigenvalue weighted by atomic mass is 32.1. The predicted octanol–water partition coefficient (Wildman–Crippen LogP) is 7.60. The van der Waals surface area contributed by atoms with Crippen molar-refractivity contribution in [3.63, 3.8) is 0 Å². The lowest BCUT2D eigenvalue weighted by atomic mass is 10.0.